The van der Waals surface area contributed by atoms with Crippen LogP contribution in [0.2, 0.25) is 0 Å². The molecule has 0 spiro atoms. The molecule has 2 aromatic carbocycles. The third-order valence-corrected chi connectivity index (χ3v) is 4.63. The van der Waals surface area contributed by atoms with Crippen LogP contribution in [0, 0.1) is 13.8 Å². The smallest absolute Gasteiger partial charge is 0.289 e. The Morgan fingerprint density at radius 3 is 2.24 bits per heavy atom. The molecule has 1 aromatic heterocycles. The molecule has 0 atom stereocenters. The normalized spacial score (nSPS) is 10.6. The van der Waals surface area contributed by atoms with Crippen molar-refractivity contribution in [2.75, 3.05) is 20.2 Å². The van der Waals surface area contributed by atoms with Gasteiger partial charge in [0.25, 0.3) is 5.91 Å². The Balaban J connectivity index is 1.59. The minimum absolute atomic E-state index is 0.0107. The number of hydrogen-bond donors (Lipinski definition) is 0. The van der Waals surface area contributed by atoms with Crippen LogP contribution >= 0.6 is 0 Å². The van der Waals surface area contributed by atoms with Gasteiger partial charge in [0, 0.05) is 18.2 Å². The number of ether oxygens (including phenoxy) is 1. The summed E-state index contributed by atoms with van der Waals surface area (Å²) < 4.78 is 11.5. The number of aryl methyl sites for hydroxylation is 2. The molecular formula is C24H25NO4. The molecule has 0 saturated heterocycles. The zero-order chi connectivity index (χ0) is 21.0. The van der Waals surface area contributed by atoms with Crippen molar-refractivity contribution in [3.05, 3.63) is 77.0 Å². The number of likely N-dealkylation sites (N-methyl/N-ethyl adjacent to an activating group) is 1. The molecule has 29 heavy (non-hydrogen) atoms. The first kappa shape index (κ1) is 20.4. The number of carbonyl (C=O) groups excluding carboxylic acids is 2. The summed E-state index contributed by atoms with van der Waals surface area (Å²) in [6.07, 6.45) is 0. The van der Waals surface area contributed by atoms with Crippen LogP contribution in [0.1, 0.15) is 39.0 Å². The number of hydrogen-bond acceptors (Lipinski definition) is 4. The minimum atomic E-state index is -0.208. The molecule has 3 rings (SSSR count). The molecule has 0 fully saturated rings. The fourth-order valence-electron chi connectivity index (χ4n) is 3.08. The highest BCUT2D eigenvalue weighted by Gasteiger charge is 2.17. The summed E-state index contributed by atoms with van der Waals surface area (Å²) in [5.41, 5.74) is 3.74. The maximum Gasteiger partial charge on any atom is 0.289 e. The topological polar surface area (TPSA) is 59.8 Å². The van der Waals surface area contributed by atoms with Crippen LogP contribution in [0.15, 0.2) is 59.0 Å². The SMILES string of the molecule is CC(=O)c1ccc(-c2ccc(C(=O)N(C)CCOc3cc(C)cc(C)c3)o2)cc1. The number of furan rings is 1. The highest BCUT2D eigenvalue weighted by molar-refractivity contribution is 5.94. The Hall–Kier alpha value is -3.34. The van der Waals surface area contributed by atoms with Gasteiger partial charge >= 0.3 is 0 Å². The van der Waals surface area contributed by atoms with Crippen molar-refractivity contribution in [2.45, 2.75) is 20.8 Å². The fraction of sp³-hybridized carbons (Fsp3) is 0.250. The van der Waals surface area contributed by atoms with Crippen molar-refractivity contribution >= 4 is 11.7 Å². The maximum absolute atomic E-state index is 12.6. The number of ketones is 1. The van der Waals surface area contributed by atoms with Crippen LogP contribution in [-0.4, -0.2) is 36.8 Å². The van der Waals surface area contributed by atoms with Crippen LogP contribution in [-0.2, 0) is 0 Å². The molecule has 5 nitrogen and oxygen atoms in total. The lowest BCUT2D eigenvalue weighted by Gasteiger charge is -2.16. The number of nitrogens with zero attached hydrogens (tertiary/aromatic N) is 1. The van der Waals surface area contributed by atoms with Gasteiger partial charge in [0.15, 0.2) is 11.5 Å². The van der Waals surface area contributed by atoms with Crippen molar-refractivity contribution in [3.63, 3.8) is 0 Å². The molecule has 0 N–H and O–H groups in total. The van der Waals surface area contributed by atoms with Gasteiger partial charge in [-0.3, -0.25) is 9.59 Å². The van der Waals surface area contributed by atoms with E-state index in [1.807, 2.05) is 38.1 Å². The van der Waals surface area contributed by atoms with Gasteiger partial charge in [-0.25, -0.2) is 0 Å². The van der Waals surface area contributed by atoms with Crippen LogP contribution in [0.4, 0.5) is 0 Å². The van der Waals surface area contributed by atoms with Crippen LogP contribution in [0.25, 0.3) is 11.3 Å². The molecule has 5 heteroatoms. The first-order valence-corrected chi connectivity index (χ1v) is 9.51. The highest BCUT2D eigenvalue weighted by Crippen LogP contribution is 2.23. The first-order chi connectivity index (χ1) is 13.8. The predicted octanol–water partition coefficient (Wildman–Crippen LogP) is 4.92. The number of amides is 1. The molecule has 0 aliphatic heterocycles. The molecular weight excluding hydrogens is 366 g/mol. The quantitative estimate of drug-likeness (QED) is 0.537. The number of carbonyl (C=O) groups is 2. The number of benzene rings is 2. The van der Waals surface area contributed by atoms with Crippen molar-refractivity contribution in [1.82, 2.24) is 4.90 Å². The van der Waals surface area contributed by atoms with Crippen molar-refractivity contribution in [1.29, 1.82) is 0 Å². The second kappa shape index (κ2) is 8.78. The van der Waals surface area contributed by atoms with Gasteiger partial charge in [0.05, 0.1) is 6.54 Å². The average Bonchev–Trinajstić information content (AvgIpc) is 3.16. The Bertz CT molecular complexity index is 997. The van der Waals surface area contributed by atoms with Crippen LogP contribution < -0.4 is 4.74 Å². The Kier molecular flexibility index (Phi) is 6.17. The molecule has 1 amide bonds. The van der Waals surface area contributed by atoms with E-state index in [2.05, 4.69) is 6.07 Å². The second-order valence-corrected chi connectivity index (χ2v) is 7.20. The van der Waals surface area contributed by atoms with E-state index in [-0.39, 0.29) is 17.5 Å². The van der Waals surface area contributed by atoms with E-state index in [1.54, 1.807) is 36.2 Å². The van der Waals surface area contributed by atoms with Crippen LogP contribution in [0.3, 0.4) is 0 Å². The zero-order valence-electron chi connectivity index (χ0n) is 17.2. The fourth-order valence-corrected chi connectivity index (χ4v) is 3.08. The van der Waals surface area contributed by atoms with E-state index < -0.39 is 0 Å². The molecule has 0 radical (unpaired) electrons. The lowest BCUT2D eigenvalue weighted by molar-refractivity contribution is 0.0743. The van der Waals surface area contributed by atoms with Gasteiger partial charge in [-0.15, -0.1) is 0 Å². The minimum Gasteiger partial charge on any atom is -0.492 e. The molecule has 0 aliphatic rings. The summed E-state index contributed by atoms with van der Waals surface area (Å²) >= 11 is 0. The van der Waals surface area contributed by atoms with Crippen LogP contribution in [0.5, 0.6) is 5.75 Å². The standard InChI is InChI=1S/C24H25NO4/c1-16-13-17(2)15-21(14-16)28-12-11-25(4)24(27)23-10-9-22(29-23)20-7-5-19(6-8-20)18(3)26/h5-10,13-15H,11-12H2,1-4H3. The van der Waals surface area contributed by atoms with Gasteiger partial charge in [-0.2, -0.15) is 0 Å². The maximum atomic E-state index is 12.6. The van der Waals surface area contributed by atoms with Crippen molar-refractivity contribution in [3.8, 4) is 17.1 Å². The molecule has 0 unspecified atom stereocenters. The largest absolute Gasteiger partial charge is 0.492 e. The predicted molar refractivity (Wildman–Crippen MR) is 113 cm³/mol. The molecule has 3 aromatic rings. The van der Waals surface area contributed by atoms with E-state index in [0.717, 1.165) is 22.4 Å². The molecule has 0 saturated carbocycles. The third kappa shape index (κ3) is 5.13. The third-order valence-electron chi connectivity index (χ3n) is 4.63. The van der Waals surface area contributed by atoms with Gasteiger partial charge < -0.3 is 14.1 Å². The summed E-state index contributed by atoms with van der Waals surface area (Å²) in [7, 11) is 1.72. The summed E-state index contributed by atoms with van der Waals surface area (Å²) in [6, 6.07) is 16.6. The van der Waals surface area contributed by atoms with Gasteiger partial charge in [0.2, 0.25) is 0 Å². The van der Waals surface area contributed by atoms with E-state index in [4.69, 9.17) is 9.15 Å². The number of Topliss-reactive ketones (excluding diaryl/α,β-unsaturated/α-hetero) is 1. The molecule has 150 valence electrons. The van der Waals surface area contributed by atoms with Crippen molar-refractivity contribution < 1.29 is 18.7 Å². The van der Waals surface area contributed by atoms with Gasteiger partial charge in [-0.1, -0.05) is 30.3 Å². The Morgan fingerprint density at radius 1 is 0.966 bits per heavy atom. The first-order valence-electron chi connectivity index (χ1n) is 9.51. The van der Waals surface area contributed by atoms with Gasteiger partial charge in [0.1, 0.15) is 18.1 Å². The summed E-state index contributed by atoms with van der Waals surface area (Å²) in [5, 5.41) is 0. The lowest BCUT2D eigenvalue weighted by atomic mass is 10.1. The zero-order valence-corrected chi connectivity index (χ0v) is 17.2. The Labute approximate surface area is 170 Å². The summed E-state index contributed by atoms with van der Waals surface area (Å²) in [4.78, 5) is 25.6. The summed E-state index contributed by atoms with van der Waals surface area (Å²) in [5.74, 6) is 1.46. The lowest BCUT2D eigenvalue weighted by Crippen LogP contribution is -2.30. The highest BCUT2D eigenvalue weighted by atomic mass is 16.5. The van der Waals surface area contributed by atoms with E-state index >= 15 is 0 Å². The molecule has 0 aliphatic carbocycles. The van der Waals surface area contributed by atoms with Crippen molar-refractivity contribution in [2.24, 2.45) is 0 Å². The monoisotopic (exact) mass is 391 g/mol. The Morgan fingerprint density at radius 2 is 1.62 bits per heavy atom. The van der Waals surface area contributed by atoms with E-state index in [9.17, 15) is 9.59 Å². The van der Waals surface area contributed by atoms with E-state index in [0.29, 0.717) is 24.5 Å². The molecule has 0 bridgehead atoms. The average molecular weight is 391 g/mol. The second-order valence-electron chi connectivity index (χ2n) is 7.20. The summed E-state index contributed by atoms with van der Waals surface area (Å²) in [6.45, 7) is 6.41. The van der Waals surface area contributed by atoms with E-state index in [1.165, 1.54) is 6.92 Å². The van der Waals surface area contributed by atoms with Gasteiger partial charge in [-0.05, 0) is 56.2 Å². The molecule has 1 heterocycles. The number of rotatable bonds is 7.